The van der Waals surface area contributed by atoms with Crippen molar-refractivity contribution in [2.24, 2.45) is 0 Å². The van der Waals surface area contributed by atoms with Crippen molar-refractivity contribution in [3.63, 3.8) is 0 Å². The summed E-state index contributed by atoms with van der Waals surface area (Å²) < 4.78 is 25.5. The Balaban J connectivity index is 2.12. The van der Waals surface area contributed by atoms with Gasteiger partial charge >= 0.3 is 0 Å². The van der Waals surface area contributed by atoms with Crippen molar-refractivity contribution in [1.82, 2.24) is 4.90 Å². The first kappa shape index (κ1) is 10.7. The van der Waals surface area contributed by atoms with Crippen molar-refractivity contribution in [3.8, 4) is 0 Å². The average Bonchev–Trinajstić information content (AvgIpc) is 2.51. The molecule has 84 valence electrons. The van der Waals surface area contributed by atoms with Gasteiger partial charge in [-0.05, 0) is 17.7 Å². The number of nitrogens with zero attached hydrogens (tertiary/aromatic N) is 1. The molecule has 0 aromatic heterocycles. The molecule has 1 heterocycles. The van der Waals surface area contributed by atoms with Gasteiger partial charge in [0, 0.05) is 6.54 Å². The molecule has 1 aliphatic heterocycles. The summed E-state index contributed by atoms with van der Waals surface area (Å²) in [6.07, 6.45) is -0.0936. The van der Waals surface area contributed by atoms with Gasteiger partial charge in [-0.2, -0.15) is 0 Å². The second-order valence-electron chi connectivity index (χ2n) is 3.71. The van der Waals surface area contributed by atoms with Gasteiger partial charge in [-0.3, -0.25) is 9.59 Å². The Morgan fingerprint density at radius 3 is 2.50 bits per heavy atom. The second-order valence-corrected chi connectivity index (χ2v) is 3.71. The Labute approximate surface area is 90.7 Å². The van der Waals surface area contributed by atoms with Crippen LogP contribution < -0.4 is 0 Å². The molecule has 3 nitrogen and oxygen atoms in total. The highest BCUT2D eigenvalue weighted by Gasteiger charge is 2.27. The van der Waals surface area contributed by atoms with Crippen LogP contribution in [0.15, 0.2) is 18.2 Å². The van der Waals surface area contributed by atoms with E-state index in [4.69, 9.17) is 0 Å². The molecule has 0 aliphatic carbocycles. The Kier molecular flexibility index (Phi) is 2.68. The van der Waals surface area contributed by atoms with Gasteiger partial charge in [-0.25, -0.2) is 8.78 Å². The van der Waals surface area contributed by atoms with Gasteiger partial charge in [0.2, 0.25) is 5.91 Å². The van der Waals surface area contributed by atoms with E-state index in [0.717, 1.165) is 12.1 Å². The van der Waals surface area contributed by atoms with Gasteiger partial charge in [-0.15, -0.1) is 0 Å². The van der Waals surface area contributed by atoms with Crippen LogP contribution in [0.4, 0.5) is 8.78 Å². The first-order valence-corrected chi connectivity index (χ1v) is 4.79. The van der Waals surface area contributed by atoms with Gasteiger partial charge < -0.3 is 4.90 Å². The monoisotopic (exact) mass is 225 g/mol. The molecule has 1 aromatic carbocycles. The van der Waals surface area contributed by atoms with Crippen LogP contribution in [0.25, 0.3) is 0 Å². The van der Waals surface area contributed by atoms with Crippen LogP contribution in [0.3, 0.4) is 0 Å². The Bertz CT molecular complexity index is 459. The van der Waals surface area contributed by atoms with Gasteiger partial charge in [0.05, 0.1) is 13.0 Å². The maximum absolute atomic E-state index is 12.9. The highest BCUT2D eigenvalue weighted by molar-refractivity contribution is 6.05. The minimum Gasteiger partial charge on any atom is -0.331 e. The van der Waals surface area contributed by atoms with E-state index in [9.17, 15) is 18.4 Å². The van der Waals surface area contributed by atoms with E-state index >= 15 is 0 Å². The van der Waals surface area contributed by atoms with Crippen LogP contribution in [0.1, 0.15) is 12.0 Å². The van der Waals surface area contributed by atoms with Gasteiger partial charge in [0.1, 0.15) is 0 Å². The Hall–Kier alpha value is -1.78. The van der Waals surface area contributed by atoms with E-state index in [2.05, 4.69) is 0 Å². The molecule has 1 saturated heterocycles. The molecule has 5 heteroatoms. The molecule has 0 radical (unpaired) electrons. The molecule has 0 unspecified atom stereocenters. The molecule has 1 aliphatic rings. The van der Waals surface area contributed by atoms with Crippen LogP contribution >= 0.6 is 0 Å². The molecule has 16 heavy (non-hydrogen) atoms. The third kappa shape index (κ3) is 2.08. The lowest BCUT2D eigenvalue weighted by atomic mass is 10.2. The number of rotatable bonds is 2. The second kappa shape index (κ2) is 4.00. The van der Waals surface area contributed by atoms with Crippen LogP contribution in [0.5, 0.6) is 0 Å². The number of Topliss-reactive ketones (excluding diaryl/α,β-unsaturated/α-hetero) is 1. The third-order valence-electron chi connectivity index (χ3n) is 2.43. The number of ketones is 1. The molecule has 1 amide bonds. The smallest absolute Gasteiger partial charge is 0.230 e. The van der Waals surface area contributed by atoms with Crippen LogP contribution in [0, 0.1) is 11.6 Å². The van der Waals surface area contributed by atoms with Crippen LogP contribution in [-0.2, 0) is 16.1 Å². The zero-order chi connectivity index (χ0) is 11.7. The standard InChI is InChI=1S/C11H9F2NO2/c12-9-2-1-7(3-10(9)13)5-14-6-8(15)4-11(14)16/h1-3H,4-6H2. The van der Waals surface area contributed by atoms with Gasteiger partial charge in [-0.1, -0.05) is 6.07 Å². The van der Waals surface area contributed by atoms with Crippen molar-refractivity contribution in [2.45, 2.75) is 13.0 Å². The molecule has 1 aromatic rings. The van der Waals surface area contributed by atoms with E-state index in [-0.39, 0.29) is 31.2 Å². The fourth-order valence-electron chi connectivity index (χ4n) is 1.64. The van der Waals surface area contributed by atoms with Crippen molar-refractivity contribution >= 4 is 11.7 Å². The molecule has 0 saturated carbocycles. The maximum Gasteiger partial charge on any atom is 0.230 e. The van der Waals surface area contributed by atoms with E-state index in [1.54, 1.807) is 0 Å². The van der Waals surface area contributed by atoms with E-state index in [1.165, 1.54) is 11.0 Å². The predicted octanol–water partition coefficient (Wildman–Crippen LogP) is 1.27. The number of halogens is 2. The summed E-state index contributed by atoms with van der Waals surface area (Å²) in [4.78, 5) is 23.6. The van der Waals surface area contributed by atoms with Crippen molar-refractivity contribution < 1.29 is 18.4 Å². The molecular weight excluding hydrogens is 216 g/mol. The summed E-state index contributed by atoms with van der Waals surface area (Å²) in [6, 6.07) is 3.44. The van der Waals surface area contributed by atoms with E-state index in [0.29, 0.717) is 5.56 Å². The summed E-state index contributed by atoms with van der Waals surface area (Å²) in [5, 5.41) is 0. The molecule has 0 N–H and O–H groups in total. The lowest BCUT2D eigenvalue weighted by Crippen LogP contribution is -2.24. The van der Waals surface area contributed by atoms with Crippen LogP contribution in [-0.4, -0.2) is 23.1 Å². The fourth-order valence-corrected chi connectivity index (χ4v) is 1.64. The maximum atomic E-state index is 12.9. The summed E-state index contributed by atoms with van der Waals surface area (Å²) >= 11 is 0. The molecule has 0 atom stereocenters. The first-order chi connectivity index (χ1) is 7.56. The number of carbonyl (C=O) groups is 2. The minimum atomic E-state index is -0.949. The minimum absolute atomic E-state index is 0.0534. The molecular formula is C11H9F2NO2. The summed E-state index contributed by atoms with van der Waals surface area (Å²) in [5.74, 6) is -2.29. The summed E-state index contributed by atoms with van der Waals surface area (Å²) in [6.45, 7) is 0.194. The van der Waals surface area contributed by atoms with Crippen molar-refractivity contribution in [2.75, 3.05) is 6.54 Å². The number of amides is 1. The number of carbonyl (C=O) groups excluding carboxylic acids is 2. The number of hydrogen-bond donors (Lipinski definition) is 0. The Morgan fingerprint density at radius 1 is 1.19 bits per heavy atom. The van der Waals surface area contributed by atoms with E-state index < -0.39 is 11.6 Å². The third-order valence-corrected chi connectivity index (χ3v) is 2.43. The Morgan fingerprint density at radius 2 is 1.94 bits per heavy atom. The van der Waals surface area contributed by atoms with Crippen molar-refractivity contribution in [3.05, 3.63) is 35.4 Å². The first-order valence-electron chi connectivity index (χ1n) is 4.79. The largest absolute Gasteiger partial charge is 0.331 e. The predicted molar refractivity (Wildman–Crippen MR) is 51.4 cm³/mol. The van der Waals surface area contributed by atoms with Crippen LogP contribution in [0.2, 0.25) is 0 Å². The molecule has 0 bridgehead atoms. The molecule has 0 spiro atoms. The number of likely N-dealkylation sites (tertiary alicyclic amines) is 1. The summed E-state index contributed by atoms with van der Waals surface area (Å²) in [7, 11) is 0. The quantitative estimate of drug-likeness (QED) is 0.711. The number of hydrogen-bond acceptors (Lipinski definition) is 2. The summed E-state index contributed by atoms with van der Waals surface area (Å²) in [5.41, 5.74) is 0.474. The van der Waals surface area contributed by atoms with Gasteiger partial charge in [0.15, 0.2) is 17.4 Å². The van der Waals surface area contributed by atoms with E-state index in [1.807, 2.05) is 0 Å². The van der Waals surface area contributed by atoms with Crippen molar-refractivity contribution in [1.29, 1.82) is 0 Å². The normalized spacial score (nSPS) is 16.0. The zero-order valence-corrected chi connectivity index (χ0v) is 8.37. The SMILES string of the molecule is O=C1CC(=O)N(Cc2ccc(F)c(F)c2)C1. The zero-order valence-electron chi connectivity index (χ0n) is 8.37. The average molecular weight is 225 g/mol. The topological polar surface area (TPSA) is 37.4 Å². The highest BCUT2D eigenvalue weighted by Crippen LogP contribution is 2.14. The fraction of sp³-hybridized carbons (Fsp3) is 0.273. The lowest BCUT2D eigenvalue weighted by Gasteiger charge is -2.14. The molecule has 1 fully saturated rings. The lowest BCUT2D eigenvalue weighted by molar-refractivity contribution is -0.128. The van der Waals surface area contributed by atoms with Gasteiger partial charge in [0.25, 0.3) is 0 Å². The molecule has 2 rings (SSSR count). The number of benzene rings is 1. The highest BCUT2D eigenvalue weighted by atomic mass is 19.2.